The fraction of sp³-hybridized carbons (Fsp3) is 0.211. The lowest BCUT2D eigenvalue weighted by atomic mass is 10.1. The number of anilines is 1. The molecule has 0 fully saturated rings. The summed E-state index contributed by atoms with van der Waals surface area (Å²) in [5, 5.41) is 21.6. The molecule has 0 amide bonds. The van der Waals surface area contributed by atoms with Crippen LogP contribution >= 0.6 is 11.3 Å². The van der Waals surface area contributed by atoms with Crippen molar-refractivity contribution in [1.82, 2.24) is 20.4 Å². The van der Waals surface area contributed by atoms with Crippen LogP contribution in [0.15, 0.2) is 54.7 Å². The maximum absolute atomic E-state index is 6.22. The summed E-state index contributed by atoms with van der Waals surface area (Å²) in [4.78, 5) is 0. The van der Waals surface area contributed by atoms with Crippen LogP contribution in [0, 0.1) is 0 Å². The Hall–Kier alpha value is -2.77. The third-order valence-electron chi connectivity index (χ3n) is 4.27. The highest BCUT2D eigenvalue weighted by Crippen LogP contribution is 2.28. The maximum Gasteiger partial charge on any atom is 0.206 e. The number of hydrogen-bond acceptors (Lipinski definition) is 6. The fourth-order valence-electron chi connectivity index (χ4n) is 2.80. The van der Waals surface area contributed by atoms with Gasteiger partial charge in [-0.1, -0.05) is 41.7 Å². The molecule has 0 aliphatic heterocycles. The van der Waals surface area contributed by atoms with E-state index in [2.05, 4.69) is 56.0 Å². The second-order valence-corrected chi connectivity index (χ2v) is 7.23. The van der Waals surface area contributed by atoms with Gasteiger partial charge in [0.2, 0.25) is 5.13 Å². The Bertz CT molecular complexity index is 978. The summed E-state index contributed by atoms with van der Waals surface area (Å²) < 4.78 is 0. The number of benzene rings is 2. The summed E-state index contributed by atoms with van der Waals surface area (Å²) in [6.07, 6.45) is 3.72. The van der Waals surface area contributed by atoms with Gasteiger partial charge in [-0.25, -0.2) is 0 Å². The van der Waals surface area contributed by atoms with E-state index in [0.717, 1.165) is 39.4 Å². The summed E-state index contributed by atoms with van der Waals surface area (Å²) >= 11 is 1.53. The van der Waals surface area contributed by atoms with Crippen molar-refractivity contribution in [3.63, 3.8) is 0 Å². The third kappa shape index (κ3) is 3.89. The largest absolute Gasteiger partial charge is 0.359 e. The van der Waals surface area contributed by atoms with E-state index >= 15 is 0 Å². The number of rotatable bonds is 7. The summed E-state index contributed by atoms with van der Waals surface area (Å²) in [7, 11) is 0. The van der Waals surface area contributed by atoms with Crippen molar-refractivity contribution in [2.45, 2.75) is 18.9 Å². The van der Waals surface area contributed by atoms with E-state index in [-0.39, 0.29) is 6.04 Å². The molecule has 132 valence electrons. The molecule has 0 radical (unpaired) electrons. The zero-order valence-corrected chi connectivity index (χ0v) is 15.0. The van der Waals surface area contributed by atoms with E-state index in [0.29, 0.717) is 6.54 Å². The predicted octanol–water partition coefficient (Wildman–Crippen LogP) is 3.45. The Balaban J connectivity index is 1.33. The van der Waals surface area contributed by atoms with Crippen molar-refractivity contribution in [2.75, 3.05) is 11.9 Å². The van der Waals surface area contributed by atoms with E-state index in [9.17, 15) is 0 Å². The van der Waals surface area contributed by atoms with Crippen LogP contribution in [-0.2, 0) is 6.42 Å². The predicted molar refractivity (Wildman–Crippen MR) is 106 cm³/mol. The average molecular weight is 364 g/mol. The third-order valence-corrected chi connectivity index (χ3v) is 5.20. The Morgan fingerprint density at radius 2 is 2.00 bits per heavy atom. The van der Waals surface area contributed by atoms with Crippen molar-refractivity contribution in [2.24, 2.45) is 5.73 Å². The molecule has 2 heterocycles. The van der Waals surface area contributed by atoms with Crippen LogP contribution in [0.3, 0.4) is 0 Å². The number of fused-ring (bicyclic) bond motifs is 1. The molecule has 7 heteroatoms. The molecule has 4 rings (SSSR count). The number of nitrogens with one attached hydrogen (secondary N) is 2. The molecule has 4 aromatic rings. The van der Waals surface area contributed by atoms with Gasteiger partial charge in [0, 0.05) is 23.5 Å². The molecular formula is C19H20N6S. The highest BCUT2D eigenvalue weighted by Gasteiger charge is 2.09. The smallest absolute Gasteiger partial charge is 0.206 e. The van der Waals surface area contributed by atoms with Crippen molar-refractivity contribution in [3.8, 4) is 10.6 Å². The van der Waals surface area contributed by atoms with Gasteiger partial charge in [-0.05, 0) is 36.6 Å². The normalized spacial score (nSPS) is 12.3. The Kier molecular flexibility index (Phi) is 4.90. The van der Waals surface area contributed by atoms with Crippen LogP contribution in [0.4, 0.5) is 5.13 Å². The fourth-order valence-corrected chi connectivity index (χ4v) is 3.55. The molecule has 26 heavy (non-hydrogen) atoms. The van der Waals surface area contributed by atoms with E-state index in [4.69, 9.17) is 5.73 Å². The van der Waals surface area contributed by atoms with Crippen LogP contribution in [0.25, 0.3) is 21.5 Å². The Morgan fingerprint density at radius 3 is 2.88 bits per heavy atom. The van der Waals surface area contributed by atoms with Crippen molar-refractivity contribution in [1.29, 1.82) is 0 Å². The summed E-state index contributed by atoms with van der Waals surface area (Å²) in [6.45, 7) is 0.683. The molecule has 4 N–H and O–H groups in total. The number of H-pyrrole nitrogens is 1. The quantitative estimate of drug-likeness (QED) is 0.467. The molecule has 2 aromatic heterocycles. The van der Waals surface area contributed by atoms with Crippen molar-refractivity contribution >= 4 is 27.4 Å². The average Bonchev–Trinajstić information content (AvgIpc) is 3.34. The minimum atomic E-state index is 0.0739. The van der Waals surface area contributed by atoms with Crippen molar-refractivity contribution < 1.29 is 0 Å². The van der Waals surface area contributed by atoms with Gasteiger partial charge < -0.3 is 11.1 Å². The first-order chi connectivity index (χ1) is 12.8. The molecule has 0 saturated heterocycles. The molecule has 0 bridgehead atoms. The first kappa shape index (κ1) is 16.7. The molecule has 2 aromatic carbocycles. The highest BCUT2D eigenvalue weighted by atomic mass is 32.1. The van der Waals surface area contributed by atoms with Crippen molar-refractivity contribution in [3.05, 3.63) is 60.3 Å². The monoisotopic (exact) mass is 364 g/mol. The number of aryl methyl sites for hydroxylation is 1. The SMILES string of the molecule is N[C@H](CCc1ccccc1)CNc1nnc(-c2ccc3[nH]ncc3c2)s1. The summed E-state index contributed by atoms with van der Waals surface area (Å²) in [6, 6.07) is 16.6. The lowest BCUT2D eigenvalue weighted by Crippen LogP contribution is -2.29. The van der Waals surface area contributed by atoms with Gasteiger partial charge in [-0.2, -0.15) is 5.10 Å². The highest BCUT2D eigenvalue weighted by molar-refractivity contribution is 7.18. The first-order valence-electron chi connectivity index (χ1n) is 8.58. The Morgan fingerprint density at radius 1 is 1.12 bits per heavy atom. The van der Waals surface area contributed by atoms with Gasteiger partial charge in [0.25, 0.3) is 0 Å². The van der Waals surface area contributed by atoms with Crippen LogP contribution in [0.5, 0.6) is 0 Å². The second-order valence-electron chi connectivity index (χ2n) is 6.25. The van der Waals surface area contributed by atoms with Gasteiger partial charge in [-0.15, -0.1) is 10.2 Å². The van der Waals surface area contributed by atoms with Crippen LogP contribution in [-0.4, -0.2) is 33.0 Å². The summed E-state index contributed by atoms with van der Waals surface area (Å²) in [5.74, 6) is 0. The minimum absolute atomic E-state index is 0.0739. The minimum Gasteiger partial charge on any atom is -0.359 e. The Labute approximate surface area is 155 Å². The number of aromatic amines is 1. The zero-order valence-electron chi connectivity index (χ0n) is 14.2. The lowest BCUT2D eigenvalue weighted by molar-refractivity contribution is 0.638. The van der Waals surface area contributed by atoms with E-state index in [1.165, 1.54) is 16.9 Å². The topological polar surface area (TPSA) is 92.5 Å². The van der Waals surface area contributed by atoms with E-state index in [1.54, 1.807) is 0 Å². The maximum atomic E-state index is 6.22. The van der Waals surface area contributed by atoms with Gasteiger partial charge in [0.1, 0.15) is 5.01 Å². The van der Waals surface area contributed by atoms with Gasteiger partial charge >= 0.3 is 0 Å². The number of aromatic nitrogens is 4. The molecule has 0 aliphatic carbocycles. The molecule has 0 aliphatic rings. The number of nitrogens with zero attached hydrogens (tertiary/aromatic N) is 3. The van der Waals surface area contributed by atoms with Crippen LogP contribution in [0.1, 0.15) is 12.0 Å². The molecule has 6 nitrogen and oxygen atoms in total. The van der Waals surface area contributed by atoms with Crippen LogP contribution < -0.4 is 11.1 Å². The number of hydrogen-bond donors (Lipinski definition) is 3. The number of nitrogens with two attached hydrogens (primary N) is 1. The first-order valence-corrected chi connectivity index (χ1v) is 9.40. The molecule has 0 saturated carbocycles. The standard InChI is InChI=1S/C19H20N6S/c20-16(8-6-13-4-2-1-3-5-13)12-21-19-25-24-18(26-19)14-7-9-17-15(10-14)11-22-23-17/h1-5,7,9-11,16H,6,8,12,20H2,(H,21,25)(H,22,23)/t16-/m1/s1. The van der Waals surface area contributed by atoms with Gasteiger partial charge in [0.15, 0.2) is 0 Å². The van der Waals surface area contributed by atoms with Gasteiger partial charge in [-0.3, -0.25) is 5.10 Å². The van der Waals surface area contributed by atoms with Gasteiger partial charge in [0.05, 0.1) is 11.7 Å². The molecule has 1 atom stereocenters. The molecule has 0 spiro atoms. The molecular weight excluding hydrogens is 344 g/mol. The summed E-state index contributed by atoms with van der Waals surface area (Å²) in [5.41, 5.74) is 9.59. The second kappa shape index (κ2) is 7.63. The van der Waals surface area contributed by atoms with Crippen LogP contribution in [0.2, 0.25) is 0 Å². The molecule has 0 unspecified atom stereocenters. The lowest BCUT2D eigenvalue weighted by Gasteiger charge is -2.11. The van der Waals surface area contributed by atoms with E-state index in [1.807, 2.05) is 24.4 Å². The van der Waals surface area contributed by atoms with E-state index < -0.39 is 0 Å². The zero-order chi connectivity index (χ0) is 17.8.